The van der Waals surface area contributed by atoms with Crippen LogP contribution in [-0.2, 0) is 16.6 Å². The number of sulfonamides is 1. The van der Waals surface area contributed by atoms with Crippen molar-refractivity contribution in [3.05, 3.63) is 35.7 Å². The van der Waals surface area contributed by atoms with Gasteiger partial charge < -0.3 is 10.2 Å². The van der Waals surface area contributed by atoms with Gasteiger partial charge in [0.05, 0.1) is 4.90 Å². The van der Waals surface area contributed by atoms with Crippen LogP contribution in [0.1, 0.15) is 50.4 Å². The van der Waals surface area contributed by atoms with Crippen LogP contribution in [0.5, 0.6) is 0 Å². The van der Waals surface area contributed by atoms with Crippen LogP contribution in [0.2, 0.25) is 0 Å². The Hall–Kier alpha value is -2.26. The highest BCUT2D eigenvalue weighted by Gasteiger charge is 2.27. The van der Waals surface area contributed by atoms with Crippen molar-refractivity contribution in [2.75, 3.05) is 37.4 Å². The molecule has 1 aromatic carbocycles. The summed E-state index contributed by atoms with van der Waals surface area (Å²) in [5, 5.41) is 3.20. The first-order valence-corrected chi connectivity index (χ1v) is 11.5. The summed E-state index contributed by atoms with van der Waals surface area (Å²) >= 11 is 0. The molecule has 0 spiro atoms. The average Bonchev–Trinajstić information content (AvgIpc) is 2.72. The van der Waals surface area contributed by atoms with E-state index in [1.807, 2.05) is 45.0 Å². The lowest BCUT2D eigenvalue weighted by molar-refractivity contribution is 0.346. The number of rotatable bonds is 7. The van der Waals surface area contributed by atoms with Crippen molar-refractivity contribution in [2.24, 2.45) is 0 Å². The molecule has 0 unspecified atom stereocenters. The predicted molar refractivity (Wildman–Crippen MR) is 115 cm³/mol. The number of benzene rings is 1. The van der Waals surface area contributed by atoms with Crippen LogP contribution in [0.4, 0.5) is 11.9 Å². The second-order valence-corrected chi connectivity index (χ2v) is 9.70. The Morgan fingerprint density at radius 3 is 2.41 bits per heavy atom. The molecule has 8 nitrogen and oxygen atoms in total. The smallest absolute Gasteiger partial charge is 0.243 e. The van der Waals surface area contributed by atoms with E-state index in [0.717, 1.165) is 19.3 Å². The fraction of sp³-hybridized carbons (Fsp3) is 0.550. The lowest BCUT2D eigenvalue weighted by atomic mass is 10.2. The Kier molecular flexibility index (Phi) is 6.69. The van der Waals surface area contributed by atoms with Crippen LogP contribution in [-0.4, -0.2) is 54.9 Å². The van der Waals surface area contributed by atoms with E-state index < -0.39 is 10.0 Å². The zero-order chi connectivity index (χ0) is 21.0. The van der Waals surface area contributed by atoms with Gasteiger partial charge in [-0.15, -0.1) is 0 Å². The minimum Gasteiger partial charge on any atom is -0.350 e. The molecule has 1 aromatic heterocycles. The third-order valence-corrected chi connectivity index (χ3v) is 6.90. The van der Waals surface area contributed by atoms with Crippen LogP contribution in [0, 0.1) is 0 Å². The third-order valence-electron chi connectivity index (χ3n) is 4.90. The molecule has 0 amide bonds. The molecule has 0 saturated carbocycles. The molecule has 158 valence electrons. The largest absolute Gasteiger partial charge is 0.350 e. The summed E-state index contributed by atoms with van der Waals surface area (Å²) < 4.78 is 27.9. The van der Waals surface area contributed by atoms with Crippen molar-refractivity contribution in [3.63, 3.8) is 0 Å². The molecule has 1 fully saturated rings. The number of nitrogens with one attached hydrogen (secondary N) is 1. The van der Waals surface area contributed by atoms with Gasteiger partial charge in [0.1, 0.15) is 5.82 Å². The van der Waals surface area contributed by atoms with Gasteiger partial charge in [0.25, 0.3) is 0 Å². The van der Waals surface area contributed by atoms with Gasteiger partial charge >= 0.3 is 0 Å². The van der Waals surface area contributed by atoms with E-state index in [-0.39, 0.29) is 5.92 Å². The van der Waals surface area contributed by atoms with Crippen LogP contribution >= 0.6 is 0 Å². The molecule has 0 aliphatic carbocycles. The highest BCUT2D eigenvalue weighted by molar-refractivity contribution is 7.89. The van der Waals surface area contributed by atoms with Gasteiger partial charge in [0.2, 0.25) is 21.9 Å². The minimum atomic E-state index is -3.51. The summed E-state index contributed by atoms with van der Waals surface area (Å²) in [5.41, 5.74) is 0.705. The molecule has 0 bridgehead atoms. The van der Waals surface area contributed by atoms with Crippen molar-refractivity contribution >= 4 is 21.9 Å². The highest BCUT2D eigenvalue weighted by Crippen LogP contribution is 2.24. The van der Waals surface area contributed by atoms with E-state index in [1.54, 1.807) is 16.4 Å². The molecule has 0 radical (unpaired) electrons. The maximum Gasteiger partial charge on any atom is 0.243 e. The van der Waals surface area contributed by atoms with Crippen LogP contribution in [0.15, 0.2) is 29.2 Å². The zero-order valence-electron chi connectivity index (χ0n) is 17.6. The first-order chi connectivity index (χ1) is 13.8. The Bertz CT molecular complexity index is 913. The van der Waals surface area contributed by atoms with Gasteiger partial charge in [-0.25, -0.2) is 8.42 Å². The number of hydrogen-bond acceptors (Lipinski definition) is 7. The number of aromatic nitrogens is 3. The van der Waals surface area contributed by atoms with Crippen molar-refractivity contribution in [1.82, 2.24) is 19.3 Å². The molecular formula is C20H30N6O2S. The van der Waals surface area contributed by atoms with E-state index >= 15 is 0 Å². The zero-order valence-corrected chi connectivity index (χ0v) is 18.4. The topological polar surface area (TPSA) is 91.3 Å². The molecule has 29 heavy (non-hydrogen) atoms. The fourth-order valence-electron chi connectivity index (χ4n) is 3.24. The fourth-order valence-corrected chi connectivity index (χ4v) is 4.98. The molecule has 1 saturated heterocycles. The highest BCUT2D eigenvalue weighted by atomic mass is 32.2. The second-order valence-electron chi connectivity index (χ2n) is 7.79. The average molecular weight is 419 g/mol. The molecule has 2 aromatic rings. The number of nitrogens with zero attached hydrogens (tertiary/aromatic N) is 5. The maximum absolute atomic E-state index is 13.2. The normalized spacial score (nSPS) is 15.5. The first kappa shape index (κ1) is 21.4. The van der Waals surface area contributed by atoms with Gasteiger partial charge in [0, 0.05) is 39.6 Å². The summed E-state index contributed by atoms with van der Waals surface area (Å²) in [6, 6.07) is 7.13. The van der Waals surface area contributed by atoms with E-state index in [2.05, 4.69) is 20.3 Å². The summed E-state index contributed by atoms with van der Waals surface area (Å²) in [4.78, 5) is 15.6. The Morgan fingerprint density at radius 1 is 1.07 bits per heavy atom. The predicted octanol–water partition coefficient (Wildman–Crippen LogP) is 2.85. The van der Waals surface area contributed by atoms with Crippen LogP contribution in [0.3, 0.4) is 0 Å². The quantitative estimate of drug-likeness (QED) is 0.739. The van der Waals surface area contributed by atoms with Gasteiger partial charge in [-0.05, 0) is 24.5 Å². The lowest BCUT2D eigenvalue weighted by Gasteiger charge is -2.26. The summed E-state index contributed by atoms with van der Waals surface area (Å²) in [6.07, 6.45) is 2.91. The number of piperidine rings is 1. The standard InChI is InChI=1S/C20H30N6O2S/c1-15(2)18-22-19(24-20(23-18)25(3)4)21-14-16-10-6-7-11-17(16)29(27,28)26-12-8-5-9-13-26/h6-7,10-11,15H,5,8-9,12-14H2,1-4H3,(H,21,22,23,24). The van der Waals surface area contributed by atoms with Gasteiger partial charge in [-0.2, -0.15) is 19.3 Å². The van der Waals surface area contributed by atoms with Crippen molar-refractivity contribution in [3.8, 4) is 0 Å². The SMILES string of the molecule is CC(C)c1nc(NCc2ccccc2S(=O)(=O)N2CCCCC2)nc(N(C)C)n1. The molecule has 0 atom stereocenters. The van der Waals surface area contributed by atoms with E-state index in [9.17, 15) is 8.42 Å². The first-order valence-electron chi connectivity index (χ1n) is 10.0. The molecule has 3 rings (SSSR count). The number of hydrogen-bond donors (Lipinski definition) is 1. The van der Waals surface area contributed by atoms with E-state index in [4.69, 9.17) is 0 Å². The Balaban J connectivity index is 1.85. The maximum atomic E-state index is 13.2. The van der Waals surface area contributed by atoms with Crippen molar-refractivity contribution in [2.45, 2.75) is 50.5 Å². The molecule has 2 heterocycles. The van der Waals surface area contributed by atoms with E-state index in [1.165, 1.54) is 0 Å². The van der Waals surface area contributed by atoms with Gasteiger partial charge in [-0.1, -0.05) is 38.5 Å². The minimum absolute atomic E-state index is 0.156. The summed E-state index contributed by atoms with van der Waals surface area (Å²) in [7, 11) is 0.249. The van der Waals surface area contributed by atoms with Gasteiger partial charge in [0.15, 0.2) is 0 Å². The Morgan fingerprint density at radius 2 is 1.76 bits per heavy atom. The molecule has 1 N–H and O–H groups in total. The van der Waals surface area contributed by atoms with Crippen LogP contribution in [0.25, 0.3) is 0 Å². The molecular weight excluding hydrogens is 388 g/mol. The van der Waals surface area contributed by atoms with Crippen molar-refractivity contribution < 1.29 is 8.42 Å². The molecule has 9 heteroatoms. The lowest BCUT2D eigenvalue weighted by Crippen LogP contribution is -2.36. The summed E-state index contributed by atoms with van der Waals surface area (Å²) in [5.74, 6) is 1.86. The van der Waals surface area contributed by atoms with E-state index in [0.29, 0.717) is 47.8 Å². The van der Waals surface area contributed by atoms with Gasteiger partial charge in [-0.3, -0.25) is 0 Å². The number of anilines is 2. The second kappa shape index (κ2) is 9.04. The van der Waals surface area contributed by atoms with Crippen LogP contribution < -0.4 is 10.2 Å². The molecule has 1 aliphatic heterocycles. The monoisotopic (exact) mass is 418 g/mol. The third kappa shape index (κ3) is 5.02. The van der Waals surface area contributed by atoms with Crippen molar-refractivity contribution in [1.29, 1.82) is 0 Å². The Labute approximate surface area is 173 Å². The molecule has 1 aliphatic rings. The summed E-state index contributed by atoms with van der Waals surface area (Å²) in [6.45, 7) is 5.54.